The van der Waals surface area contributed by atoms with Gasteiger partial charge >= 0.3 is 0 Å². The van der Waals surface area contributed by atoms with Crippen LogP contribution in [0.1, 0.15) is 22.3 Å². The van der Waals surface area contributed by atoms with Gasteiger partial charge in [0.1, 0.15) is 6.54 Å². The summed E-state index contributed by atoms with van der Waals surface area (Å²) < 4.78 is 2.01. The molecule has 1 aromatic heterocycles. The molecule has 6 nitrogen and oxygen atoms in total. The number of imide groups is 1. The van der Waals surface area contributed by atoms with Crippen molar-refractivity contribution in [3.05, 3.63) is 104 Å². The van der Waals surface area contributed by atoms with Crippen molar-refractivity contribution in [2.45, 2.75) is 20.4 Å². The quantitative estimate of drug-likeness (QED) is 0.250. The summed E-state index contributed by atoms with van der Waals surface area (Å²) >= 11 is 13.6. The summed E-state index contributed by atoms with van der Waals surface area (Å²) in [7, 11) is 0. The lowest BCUT2D eigenvalue weighted by Gasteiger charge is -2.13. The zero-order valence-corrected chi connectivity index (χ0v) is 23.0. The Morgan fingerprint density at radius 2 is 1.71 bits per heavy atom. The SMILES string of the molecule is Cc1ccc(NC(=O)CN2C(=O)S/C(=C\c3cn(Cc4c(Cl)cccc4Cl)c4ccccc34)C2=O)cc1C. The van der Waals surface area contributed by atoms with Gasteiger partial charge < -0.3 is 9.88 Å². The minimum absolute atomic E-state index is 0.257. The topological polar surface area (TPSA) is 71.4 Å². The van der Waals surface area contributed by atoms with Crippen molar-refractivity contribution in [1.29, 1.82) is 0 Å². The molecule has 1 fully saturated rings. The molecule has 9 heteroatoms. The van der Waals surface area contributed by atoms with E-state index in [0.717, 1.165) is 49.8 Å². The maximum Gasteiger partial charge on any atom is 0.294 e. The first-order chi connectivity index (χ1) is 18.2. The van der Waals surface area contributed by atoms with Crippen molar-refractivity contribution in [1.82, 2.24) is 9.47 Å². The van der Waals surface area contributed by atoms with E-state index in [-0.39, 0.29) is 11.4 Å². The smallest absolute Gasteiger partial charge is 0.294 e. The average Bonchev–Trinajstić information content (AvgIpc) is 3.35. The number of aromatic nitrogens is 1. The third-order valence-corrected chi connectivity index (χ3v) is 8.08. The van der Waals surface area contributed by atoms with Gasteiger partial charge in [0.15, 0.2) is 0 Å². The Morgan fingerprint density at radius 3 is 2.45 bits per heavy atom. The summed E-state index contributed by atoms with van der Waals surface area (Å²) in [5.41, 5.74) is 5.25. The van der Waals surface area contributed by atoms with E-state index in [9.17, 15) is 14.4 Å². The minimum Gasteiger partial charge on any atom is -0.342 e. The number of carbonyl (C=O) groups is 3. The zero-order valence-electron chi connectivity index (χ0n) is 20.6. The fraction of sp³-hybridized carbons (Fsp3) is 0.138. The van der Waals surface area contributed by atoms with E-state index in [1.807, 2.05) is 61.0 Å². The van der Waals surface area contributed by atoms with E-state index in [1.54, 1.807) is 30.3 Å². The Balaban J connectivity index is 1.38. The van der Waals surface area contributed by atoms with Gasteiger partial charge in [0.25, 0.3) is 11.1 Å². The first kappa shape index (κ1) is 26.1. The van der Waals surface area contributed by atoms with Crippen LogP contribution in [0.25, 0.3) is 17.0 Å². The van der Waals surface area contributed by atoms with Gasteiger partial charge in [0.05, 0.1) is 11.4 Å². The molecule has 1 aliphatic heterocycles. The Labute approximate surface area is 234 Å². The number of anilines is 1. The molecule has 3 amide bonds. The lowest BCUT2D eigenvalue weighted by Crippen LogP contribution is -2.36. The molecule has 0 saturated carbocycles. The first-order valence-electron chi connectivity index (χ1n) is 11.8. The van der Waals surface area contributed by atoms with Gasteiger partial charge in [-0.25, -0.2) is 0 Å². The van der Waals surface area contributed by atoms with E-state index in [1.165, 1.54) is 0 Å². The third-order valence-electron chi connectivity index (χ3n) is 6.46. The number of para-hydroxylation sites is 1. The van der Waals surface area contributed by atoms with Crippen LogP contribution in [0.15, 0.2) is 71.8 Å². The summed E-state index contributed by atoms with van der Waals surface area (Å²) in [6.07, 6.45) is 3.60. The fourth-order valence-electron chi connectivity index (χ4n) is 4.32. The molecule has 0 aliphatic carbocycles. The normalized spacial score (nSPS) is 14.6. The second-order valence-electron chi connectivity index (χ2n) is 9.04. The van der Waals surface area contributed by atoms with Crippen LogP contribution in [-0.4, -0.2) is 33.1 Å². The number of amides is 3. The molecule has 0 spiro atoms. The zero-order chi connectivity index (χ0) is 27.0. The number of nitrogens with one attached hydrogen (secondary N) is 1. The average molecular weight is 564 g/mol. The highest BCUT2D eigenvalue weighted by Gasteiger charge is 2.36. The van der Waals surface area contributed by atoms with E-state index in [4.69, 9.17) is 23.2 Å². The Bertz CT molecular complexity index is 1620. The molecule has 1 saturated heterocycles. The fourth-order valence-corrected chi connectivity index (χ4v) is 5.66. The molecule has 0 bridgehead atoms. The number of hydrogen-bond acceptors (Lipinski definition) is 4. The second kappa shape index (κ2) is 10.7. The Hall–Kier alpha value is -3.52. The number of hydrogen-bond donors (Lipinski definition) is 1. The monoisotopic (exact) mass is 563 g/mol. The molecule has 1 aliphatic rings. The molecule has 1 N–H and O–H groups in total. The van der Waals surface area contributed by atoms with Crippen molar-refractivity contribution >= 4 is 74.7 Å². The second-order valence-corrected chi connectivity index (χ2v) is 10.9. The molecular formula is C29H23Cl2N3O3S. The minimum atomic E-state index is -0.499. The number of fused-ring (bicyclic) bond motifs is 1. The van der Waals surface area contributed by atoms with Crippen molar-refractivity contribution < 1.29 is 14.4 Å². The largest absolute Gasteiger partial charge is 0.342 e. The van der Waals surface area contributed by atoms with Crippen LogP contribution in [-0.2, 0) is 16.1 Å². The van der Waals surface area contributed by atoms with Gasteiger partial charge in [0.2, 0.25) is 5.91 Å². The number of aryl methyl sites for hydroxylation is 2. The molecular weight excluding hydrogens is 541 g/mol. The van der Waals surface area contributed by atoms with E-state index >= 15 is 0 Å². The van der Waals surface area contributed by atoms with Crippen molar-refractivity contribution in [2.24, 2.45) is 0 Å². The van der Waals surface area contributed by atoms with Gasteiger partial charge in [-0.3, -0.25) is 19.3 Å². The van der Waals surface area contributed by atoms with Crippen LogP contribution >= 0.6 is 35.0 Å². The van der Waals surface area contributed by atoms with E-state index in [0.29, 0.717) is 22.3 Å². The van der Waals surface area contributed by atoms with Crippen LogP contribution in [0.5, 0.6) is 0 Å². The van der Waals surface area contributed by atoms with Gasteiger partial charge in [-0.05, 0) is 73.1 Å². The number of nitrogens with zero attached hydrogens (tertiary/aromatic N) is 2. The van der Waals surface area contributed by atoms with Crippen molar-refractivity contribution in [3.63, 3.8) is 0 Å². The van der Waals surface area contributed by atoms with Gasteiger partial charge in [-0.1, -0.05) is 53.5 Å². The number of carbonyl (C=O) groups excluding carboxylic acids is 3. The molecule has 192 valence electrons. The molecule has 38 heavy (non-hydrogen) atoms. The predicted octanol–water partition coefficient (Wildman–Crippen LogP) is 7.29. The van der Waals surface area contributed by atoms with Crippen molar-refractivity contribution in [2.75, 3.05) is 11.9 Å². The van der Waals surface area contributed by atoms with Crippen LogP contribution in [0.3, 0.4) is 0 Å². The van der Waals surface area contributed by atoms with E-state index < -0.39 is 17.1 Å². The van der Waals surface area contributed by atoms with Gasteiger partial charge in [-0.15, -0.1) is 0 Å². The molecule has 0 atom stereocenters. The molecule has 4 aromatic rings. The van der Waals surface area contributed by atoms with Gasteiger partial charge in [-0.2, -0.15) is 0 Å². The Morgan fingerprint density at radius 1 is 0.974 bits per heavy atom. The maximum absolute atomic E-state index is 13.1. The lowest BCUT2D eigenvalue weighted by molar-refractivity contribution is -0.127. The number of rotatable bonds is 6. The highest BCUT2D eigenvalue weighted by atomic mass is 35.5. The summed E-state index contributed by atoms with van der Waals surface area (Å²) in [5.74, 6) is -0.939. The summed E-state index contributed by atoms with van der Waals surface area (Å²) in [5, 5.41) is 4.33. The number of thioether (sulfide) groups is 1. The number of halogens is 2. The lowest BCUT2D eigenvalue weighted by atomic mass is 10.1. The van der Waals surface area contributed by atoms with Gasteiger partial charge in [0, 0.05) is 44.0 Å². The first-order valence-corrected chi connectivity index (χ1v) is 13.4. The molecule has 2 heterocycles. The van der Waals surface area contributed by atoms with E-state index in [2.05, 4.69) is 5.32 Å². The van der Waals surface area contributed by atoms with Crippen LogP contribution < -0.4 is 5.32 Å². The van der Waals surface area contributed by atoms with Crippen LogP contribution in [0.4, 0.5) is 10.5 Å². The van der Waals surface area contributed by atoms with Crippen molar-refractivity contribution in [3.8, 4) is 0 Å². The highest BCUT2D eigenvalue weighted by Crippen LogP contribution is 2.35. The summed E-state index contributed by atoms with van der Waals surface area (Å²) in [4.78, 5) is 39.6. The highest BCUT2D eigenvalue weighted by molar-refractivity contribution is 8.18. The maximum atomic E-state index is 13.1. The number of benzene rings is 3. The Kier molecular flexibility index (Phi) is 7.34. The predicted molar refractivity (Wildman–Crippen MR) is 155 cm³/mol. The standard InChI is InChI=1S/C29H23Cl2N3O3S/c1-17-10-11-20(12-18(17)2)32-27(35)16-34-28(36)26(38-29(34)37)13-19-14-33(25-9-4-3-6-21(19)25)15-22-23(30)7-5-8-24(22)31/h3-14H,15-16H2,1-2H3,(H,32,35)/b26-13-. The summed E-state index contributed by atoms with van der Waals surface area (Å²) in [6, 6.07) is 18.7. The van der Waals surface area contributed by atoms with Crippen LogP contribution in [0.2, 0.25) is 10.0 Å². The molecule has 0 unspecified atom stereocenters. The third kappa shape index (κ3) is 5.23. The molecule has 3 aromatic carbocycles. The molecule has 5 rings (SSSR count). The summed E-state index contributed by atoms with van der Waals surface area (Å²) in [6.45, 7) is 4.01. The molecule has 0 radical (unpaired) electrons. The van der Waals surface area contributed by atoms with Crippen LogP contribution in [0, 0.1) is 13.8 Å².